The van der Waals surface area contributed by atoms with Gasteiger partial charge in [-0.15, -0.1) is 0 Å². The number of rotatable bonds is 6. The van der Waals surface area contributed by atoms with Crippen molar-refractivity contribution in [2.24, 2.45) is 0 Å². The normalized spacial score (nSPS) is 11.8. The molecule has 0 fully saturated rings. The quantitative estimate of drug-likeness (QED) is 0.853. The second kappa shape index (κ2) is 7.77. The summed E-state index contributed by atoms with van der Waals surface area (Å²) >= 11 is 0. The number of nitrogens with zero attached hydrogens (tertiary/aromatic N) is 1. The Bertz CT molecular complexity index is 720. The second-order valence-corrected chi connectivity index (χ2v) is 5.78. The maximum atomic E-state index is 14.0. The lowest BCUT2D eigenvalue weighted by atomic mass is 10.1. The Kier molecular flexibility index (Phi) is 5.73. The van der Waals surface area contributed by atoms with Crippen LogP contribution in [0, 0.1) is 19.7 Å². The summed E-state index contributed by atoms with van der Waals surface area (Å²) in [7, 11) is 0. The second-order valence-electron chi connectivity index (χ2n) is 5.78. The van der Waals surface area contributed by atoms with Gasteiger partial charge in [0.15, 0.2) is 0 Å². The molecule has 0 saturated heterocycles. The van der Waals surface area contributed by atoms with Gasteiger partial charge in [0.2, 0.25) is 11.8 Å². The third-order valence-electron chi connectivity index (χ3n) is 3.88. The summed E-state index contributed by atoms with van der Waals surface area (Å²) in [6.45, 7) is 5.54. The summed E-state index contributed by atoms with van der Waals surface area (Å²) in [5.41, 5.74) is 2.34. The van der Waals surface area contributed by atoms with Gasteiger partial charge in [0.05, 0.1) is 6.04 Å². The molecule has 1 unspecified atom stereocenters. The molecule has 1 aromatic heterocycles. The van der Waals surface area contributed by atoms with Crippen molar-refractivity contribution in [2.45, 2.75) is 33.4 Å². The highest BCUT2D eigenvalue weighted by Gasteiger charge is 2.17. The minimum Gasteiger partial charge on any atom is -0.352 e. The molecule has 24 heavy (non-hydrogen) atoms. The number of hydrogen-bond donors (Lipinski definition) is 2. The molecule has 2 rings (SSSR count). The Balaban J connectivity index is 2.04. The Morgan fingerprint density at radius 2 is 1.75 bits per heavy atom. The highest BCUT2D eigenvalue weighted by molar-refractivity contribution is 5.76. The average molecular weight is 331 g/mol. The van der Waals surface area contributed by atoms with E-state index in [1.807, 2.05) is 30.5 Å². The molecular weight excluding hydrogens is 309 g/mol. The van der Waals surface area contributed by atoms with Crippen molar-refractivity contribution in [1.82, 2.24) is 15.2 Å². The van der Waals surface area contributed by atoms with Crippen LogP contribution in [0.15, 0.2) is 36.4 Å². The minimum absolute atomic E-state index is 0.124. The van der Waals surface area contributed by atoms with E-state index in [0.717, 1.165) is 11.4 Å². The third kappa shape index (κ3) is 4.44. The van der Waals surface area contributed by atoms with Crippen LogP contribution >= 0.6 is 0 Å². The largest absolute Gasteiger partial charge is 0.352 e. The molecule has 0 aliphatic carbocycles. The number of nitrogens with one attached hydrogen (secondary N) is 2. The van der Waals surface area contributed by atoms with Gasteiger partial charge in [-0.25, -0.2) is 4.39 Å². The topological polar surface area (TPSA) is 63.1 Å². The van der Waals surface area contributed by atoms with Gasteiger partial charge in [-0.3, -0.25) is 9.59 Å². The number of hydrogen-bond acceptors (Lipinski definition) is 2. The fraction of sp³-hybridized carbons (Fsp3) is 0.333. The first kappa shape index (κ1) is 17.7. The van der Waals surface area contributed by atoms with Crippen LogP contribution in [-0.2, 0) is 16.1 Å². The van der Waals surface area contributed by atoms with Crippen LogP contribution in [0.2, 0.25) is 0 Å². The summed E-state index contributed by atoms with van der Waals surface area (Å²) < 4.78 is 15.9. The van der Waals surface area contributed by atoms with E-state index in [2.05, 4.69) is 10.6 Å². The molecule has 0 saturated carbocycles. The number of aromatic nitrogens is 1. The van der Waals surface area contributed by atoms with E-state index in [-0.39, 0.29) is 24.9 Å². The van der Waals surface area contributed by atoms with Crippen LogP contribution in [0.5, 0.6) is 0 Å². The van der Waals surface area contributed by atoms with Crippen molar-refractivity contribution in [3.8, 4) is 0 Å². The number of halogens is 1. The fourth-order valence-electron chi connectivity index (χ4n) is 2.61. The van der Waals surface area contributed by atoms with Gasteiger partial charge in [0.1, 0.15) is 12.4 Å². The summed E-state index contributed by atoms with van der Waals surface area (Å²) in [5.74, 6) is -0.888. The maximum absolute atomic E-state index is 14.0. The SMILES string of the molecule is CC(=O)NC(CNC(=O)Cn1c(C)ccc1C)c1ccccc1F. The van der Waals surface area contributed by atoms with Gasteiger partial charge in [-0.1, -0.05) is 18.2 Å². The average Bonchev–Trinajstić information content (AvgIpc) is 2.83. The molecule has 2 amide bonds. The lowest BCUT2D eigenvalue weighted by Gasteiger charge is -2.20. The number of carbonyl (C=O) groups is 2. The molecule has 5 nitrogen and oxygen atoms in total. The monoisotopic (exact) mass is 331 g/mol. The van der Waals surface area contributed by atoms with Gasteiger partial charge in [0.25, 0.3) is 0 Å². The maximum Gasteiger partial charge on any atom is 0.240 e. The minimum atomic E-state index is -0.612. The standard InChI is InChI=1S/C18H22FN3O2/c1-12-8-9-13(2)22(12)11-18(24)20-10-17(21-14(3)23)15-6-4-5-7-16(15)19/h4-9,17H,10-11H2,1-3H3,(H,20,24)(H,21,23). The number of carbonyl (C=O) groups excluding carboxylic acids is 2. The third-order valence-corrected chi connectivity index (χ3v) is 3.88. The van der Waals surface area contributed by atoms with E-state index in [1.165, 1.54) is 13.0 Å². The van der Waals surface area contributed by atoms with Crippen LogP contribution in [0.1, 0.15) is 29.9 Å². The van der Waals surface area contributed by atoms with E-state index in [9.17, 15) is 14.0 Å². The van der Waals surface area contributed by atoms with Crippen molar-refractivity contribution < 1.29 is 14.0 Å². The molecule has 2 N–H and O–H groups in total. The summed E-state index contributed by atoms with van der Waals surface area (Å²) in [4.78, 5) is 23.6. The summed E-state index contributed by atoms with van der Waals surface area (Å²) in [6, 6.07) is 9.49. The predicted octanol–water partition coefficient (Wildman–Crippen LogP) is 2.24. The Morgan fingerprint density at radius 1 is 1.12 bits per heavy atom. The number of amides is 2. The lowest BCUT2D eigenvalue weighted by molar-refractivity contribution is -0.123. The summed E-state index contributed by atoms with van der Waals surface area (Å²) in [6.07, 6.45) is 0. The molecule has 0 radical (unpaired) electrons. The van der Waals surface area contributed by atoms with Gasteiger partial charge in [0, 0.05) is 30.4 Å². The zero-order valence-electron chi connectivity index (χ0n) is 14.1. The zero-order valence-corrected chi connectivity index (χ0v) is 14.1. The fourth-order valence-corrected chi connectivity index (χ4v) is 2.61. The van der Waals surface area contributed by atoms with Crippen LogP contribution in [-0.4, -0.2) is 22.9 Å². The van der Waals surface area contributed by atoms with Crippen molar-refractivity contribution in [1.29, 1.82) is 0 Å². The first-order valence-electron chi connectivity index (χ1n) is 7.79. The number of benzene rings is 1. The summed E-state index contributed by atoms with van der Waals surface area (Å²) in [5, 5.41) is 5.44. The first-order chi connectivity index (χ1) is 11.4. The van der Waals surface area contributed by atoms with Crippen LogP contribution < -0.4 is 10.6 Å². The molecule has 1 heterocycles. The molecular formula is C18H22FN3O2. The van der Waals surface area contributed by atoms with Gasteiger partial charge >= 0.3 is 0 Å². The van der Waals surface area contributed by atoms with Crippen LogP contribution in [0.25, 0.3) is 0 Å². The Morgan fingerprint density at radius 3 is 2.33 bits per heavy atom. The van der Waals surface area contributed by atoms with E-state index < -0.39 is 11.9 Å². The molecule has 0 bridgehead atoms. The van der Waals surface area contributed by atoms with E-state index in [4.69, 9.17) is 0 Å². The zero-order chi connectivity index (χ0) is 17.7. The van der Waals surface area contributed by atoms with E-state index in [1.54, 1.807) is 18.2 Å². The smallest absolute Gasteiger partial charge is 0.240 e. The molecule has 0 aliphatic rings. The van der Waals surface area contributed by atoms with Crippen LogP contribution in [0.3, 0.4) is 0 Å². The predicted molar refractivity (Wildman–Crippen MR) is 89.9 cm³/mol. The van der Waals surface area contributed by atoms with Crippen molar-refractivity contribution in [2.75, 3.05) is 6.54 Å². The van der Waals surface area contributed by atoms with E-state index in [0.29, 0.717) is 5.56 Å². The van der Waals surface area contributed by atoms with Crippen molar-refractivity contribution in [3.05, 3.63) is 59.2 Å². The number of aryl methyl sites for hydroxylation is 2. The molecule has 128 valence electrons. The molecule has 1 atom stereocenters. The molecule has 6 heteroatoms. The first-order valence-corrected chi connectivity index (χ1v) is 7.79. The van der Waals surface area contributed by atoms with Crippen LogP contribution in [0.4, 0.5) is 4.39 Å². The van der Waals surface area contributed by atoms with Gasteiger partial charge in [-0.2, -0.15) is 0 Å². The van der Waals surface area contributed by atoms with Gasteiger partial charge < -0.3 is 15.2 Å². The highest BCUT2D eigenvalue weighted by Crippen LogP contribution is 2.16. The molecule has 0 aliphatic heterocycles. The Hall–Kier alpha value is -2.63. The van der Waals surface area contributed by atoms with Crippen molar-refractivity contribution >= 4 is 11.8 Å². The molecule has 0 spiro atoms. The van der Waals surface area contributed by atoms with Gasteiger partial charge in [-0.05, 0) is 32.0 Å². The molecule has 1 aromatic carbocycles. The molecule has 2 aromatic rings. The Labute approximate surface area is 140 Å². The highest BCUT2D eigenvalue weighted by atomic mass is 19.1. The lowest BCUT2D eigenvalue weighted by Crippen LogP contribution is -2.38. The van der Waals surface area contributed by atoms with E-state index >= 15 is 0 Å². The van der Waals surface area contributed by atoms with Crippen molar-refractivity contribution in [3.63, 3.8) is 0 Å².